The van der Waals surface area contributed by atoms with E-state index in [0.29, 0.717) is 0 Å². The molecule has 0 amide bonds. The Morgan fingerprint density at radius 2 is 0.605 bits per heavy atom. The summed E-state index contributed by atoms with van der Waals surface area (Å²) < 4.78 is 0. The Balaban J connectivity index is 1.60. The maximum Gasteiger partial charge on any atom is -0.00143 e. The summed E-state index contributed by atoms with van der Waals surface area (Å²) in [5.74, 6) is 0. The minimum absolute atomic E-state index is 1.05. The molecule has 0 nitrogen and oxygen atoms in total. The van der Waals surface area contributed by atoms with Crippen LogP contribution < -0.4 is 0 Å². The third kappa shape index (κ3) is 7.06. The minimum atomic E-state index is 1.05. The summed E-state index contributed by atoms with van der Waals surface area (Å²) in [7, 11) is 0. The van der Waals surface area contributed by atoms with Crippen molar-refractivity contribution >= 4 is 48.6 Å². The van der Waals surface area contributed by atoms with Crippen molar-refractivity contribution in [3.63, 3.8) is 0 Å². The molecule has 181 valence electrons. The van der Waals surface area contributed by atoms with E-state index < -0.39 is 0 Å². The highest BCUT2D eigenvalue weighted by Crippen LogP contribution is 2.25. The van der Waals surface area contributed by atoms with Crippen molar-refractivity contribution in [1.82, 2.24) is 0 Å². The fourth-order valence-corrected chi connectivity index (χ4v) is 4.15. The second kappa shape index (κ2) is 12.9. The molecule has 0 atom stereocenters. The molecule has 0 aliphatic heterocycles. The molecular weight excluding hydrogens is 456 g/mol. The summed E-state index contributed by atoms with van der Waals surface area (Å²) in [4.78, 5) is 0. The molecular formula is C38H29. The molecule has 0 unspecified atom stereocenters. The Hall–Kier alpha value is -4.94. The van der Waals surface area contributed by atoms with Gasteiger partial charge in [0.1, 0.15) is 0 Å². The molecule has 0 aromatic heterocycles. The Kier molecular flexibility index (Phi) is 8.37. The standard InChI is InChI=1S/C38H29/c1-5-13-31(14-6-1)21-25-35-29-37(27-23-33-17-9-3-10-18-33)38(28-24-34-19-11-4-12-20-34)30-36(35)26-22-32-15-7-2-8-16-32/h1-29H/b25-21+,26-22+,27-23+,28-24+. The third-order valence-electron chi connectivity index (χ3n) is 6.20. The van der Waals surface area contributed by atoms with Crippen molar-refractivity contribution in [2.45, 2.75) is 0 Å². The van der Waals surface area contributed by atoms with E-state index in [0.717, 1.165) is 33.4 Å². The van der Waals surface area contributed by atoms with E-state index >= 15 is 0 Å². The van der Waals surface area contributed by atoms with Crippen LogP contribution in [0.2, 0.25) is 0 Å². The van der Waals surface area contributed by atoms with Gasteiger partial charge in [-0.3, -0.25) is 0 Å². The van der Waals surface area contributed by atoms with Crippen LogP contribution in [0, 0.1) is 6.07 Å². The van der Waals surface area contributed by atoms with E-state index in [1.165, 1.54) is 11.1 Å². The van der Waals surface area contributed by atoms with Gasteiger partial charge in [-0.1, -0.05) is 170 Å². The van der Waals surface area contributed by atoms with Gasteiger partial charge in [-0.25, -0.2) is 0 Å². The molecule has 0 N–H and O–H groups in total. The molecule has 0 fully saturated rings. The van der Waals surface area contributed by atoms with E-state index in [2.05, 4.69) is 158 Å². The zero-order chi connectivity index (χ0) is 25.8. The van der Waals surface area contributed by atoms with Gasteiger partial charge in [0.15, 0.2) is 0 Å². The monoisotopic (exact) mass is 485 g/mol. The Morgan fingerprint density at radius 1 is 0.316 bits per heavy atom. The molecule has 0 saturated heterocycles. The lowest BCUT2D eigenvalue weighted by Gasteiger charge is -2.09. The maximum absolute atomic E-state index is 3.72. The average Bonchev–Trinajstić information content (AvgIpc) is 2.99. The normalized spacial score (nSPS) is 11.8. The number of benzene rings is 5. The van der Waals surface area contributed by atoms with Crippen LogP contribution in [0.3, 0.4) is 0 Å². The van der Waals surface area contributed by atoms with Gasteiger partial charge in [0.05, 0.1) is 0 Å². The zero-order valence-corrected chi connectivity index (χ0v) is 21.2. The Morgan fingerprint density at radius 3 is 0.921 bits per heavy atom. The summed E-state index contributed by atoms with van der Waals surface area (Å²) in [5, 5.41) is 0. The highest BCUT2D eigenvalue weighted by Gasteiger charge is 2.05. The first-order valence-electron chi connectivity index (χ1n) is 12.9. The van der Waals surface area contributed by atoms with Crippen molar-refractivity contribution in [1.29, 1.82) is 0 Å². The van der Waals surface area contributed by atoms with Crippen LogP contribution in [0.15, 0.2) is 127 Å². The number of hydrogen-bond acceptors (Lipinski definition) is 0. The van der Waals surface area contributed by atoms with Crippen LogP contribution in [0.4, 0.5) is 0 Å². The van der Waals surface area contributed by atoms with Crippen molar-refractivity contribution < 1.29 is 0 Å². The molecule has 5 aromatic carbocycles. The molecule has 5 rings (SSSR count). The summed E-state index contributed by atoms with van der Waals surface area (Å²) in [5.41, 5.74) is 8.98. The second-order valence-electron chi connectivity index (χ2n) is 8.98. The molecule has 0 heterocycles. The van der Waals surface area contributed by atoms with Crippen LogP contribution in [-0.4, -0.2) is 0 Å². The Bertz CT molecular complexity index is 1310. The Labute approximate surface area is 226 Å². The molecule has 0 heteroatoms. The second-order valence-corrected chi connectivity index (χ2v) is 8.98. The largest absolute Gasteiger partial charge is 0.0622 e. The van der Waals surface area contributed by atoms with E-state index in [9.17, 15) is 0 Å². The topological polar surface area (TPSA) is 0 Å². The van der Waals surface area contributed by atoms with Gasteiger partial charge in [0, 0.05) is 0 Å². The van der Waals surface area contributed by atoms with Gasteiger partial charge in [-0.2, -0.15) is 0 Å². The zero-order valence-electron chi connectivity index (χ0n) is 21.2. The van der Waals surface area contributed by atoms with Crippen LogP contribution in [0.25, 0.3) is 48.6 Å². The molecule has 0 bridgehead atoms. The van der Waals surface area contributed by atoms with Crippen LogP contribution in [0.5, 0.6) is 0 Å². The lowest BCUT2D eigenvalue weighted by atomic mass is 9.95. The fourth-order valence-electron chi connectivity index (χ4n) is 4.15. The summed E-state index contributed by atoms with van der Waals surface area (Å²) in [6, 6.07) is 47.6. The van der Waals surface area contributed by atoms with Crippen LogP contribution in [-0.2, 0) is 0 Å². The van der Waals surface area contributed by atoms with E-state index in [4.69, 9.17) is 0 Å². The van der Waals surface area contributed by atoms with Crippen molar-refractivity contribution in [3.05, 3.63) is 178 Å². The molecule has 0 aliphatic carbocycles. The molecule has 0 aliphatic rings. The van der Waals surface area contributed by atoms with Gasteiger partial charge in [-0.15, -0.1) is 0 Å². The summed E-state index contributed by atoms with van der Waals surface area (Å²) >= 11 is 0. The van der Waals surface area contributed by atoms with Crippen LogP contribution in [0.1, 0.15) is 44.5 Å². The summed E-state index contributed by atoms with van der Waals surface area (Å²) in [6.07, 6.45) is 17.3. The number of rotatable bonds is 8. The first-order valence-corrected chi connectivity index (χ1v) is 12.9. The average molecular weight is 486 g/mol. The van der Waals surface area contributed by atoms with Gasteiger partial charge in [0.25, 0.3) is 0 Å². The SMILES string of the molecule is [c]1c(/C=C/c2ccccc2)c(/C=C/c2ccccc2)cc(/C=C/c2ccccc2)c1/C=C/c1ccccc1. The van der Waals surface area contributed by atoms with E-state index in [1.807, 2.05) is 24.3 Å². The predicted octanol–water partition coefficient (Wildman–Crippen LogP) is 10.2. The van der Waals surface area contributed by atoms with Crippen molar-refractivity contribution in [3.8, 4) is 0 Å². The molecule has 0 spiro atoms. The van der Waals surface area contributed by atoms with E-state index in [1.54, 1.807) is 0 Å². The smallest absolute Gasteiger partial charge is 0.00143 e. The lowest BCUT2D eigenvalue weighted by Crippen LogP contribution is -1.90. The first-order chi connectivity index (χ1) is 18.8. The third-order valence-corrected chi connectivity index (χ3v) is 6.20. The van der Waals surface area contributed by atoms with Gasteiger partial charge >= 0.3 is 0 Å². The molecule has 1 radical (unpaired) electrons. The minimum Gasteiger partial charge on any atom is -0.0622 e. The van der Waals surface area contributed by atoms with Crippen LogP contribution >= 0.6 is 0 Å². The maximum atomic E-state index is 3.72. The predicted molar refractivity (Wildman–Crippen MR) is 167 cm³/mol. The molecule has 0 saturated carbocycles. The lowest BCUT2D eigenvalue weighted by molar-refractivity contribution is 1.53. The molecule has 5 aromatic rings. The fraction of sp³-hybridized carbons (Fsp3) is 0. The first kappa shape index (κ1) is 24.7. The van der Waals surface area contributed by atoms with Gasteiger partial charge < -0.3 is 0 Å². The summed E-state index contributed by atoms with van der Waals surface area (Å²) in [6.45, 7) is 0. The highest BCUT2D eigenvalue weighted by atomic mass is 14.1. The van der Waals surface area contributed by atoms with E-state index in [-0.39, 0.29) is 0 Å². The quantitative estimate of drug-likeness (QED) is 0.192. The molecule has 38 heavy (non-hydrogen) atoms. The highest BCUT2D eigenvalue weighted by molar-refractivity contribution is 5.86. The van der Waals surface area contributed by atoms with Gasteiger partial charge in [-0.05, 0) is 56.6 Å². The van der Waals surface area contributed by atoms with Crippen molar-refractivity contribution in [2.75, 3.05) is 0 Å². The van der Waals surface area contributed by atoms with Crippen molar-refractivity contribution in [2.24, 2.45) is 0 Å². The number of hydrogen-bond donors (Lipinski definition) is 0. The van der Waals surface area contributed by atoms with Gasteiger partial charge in [0.2, 0.25) is 0 Å².